The van der Waals surface area contributed by atoms with E-state index in [0.717, 1.165) is 0 Å². The van der Waals surface area contributed by atoms with Gasteiger partial charge >= 0.3 is 11.7 Å². The van der Waals surface area contributed by atoms with Crippen LogP contribution in [0.15, 0.2) is 11.0 Å². The molecule has 180 valence electrons. The number of anilines is 1. The lowest BCUT2D eigenvalue weighted by molar-refractivity contribution is -0.149. The maximum atomic E-state index is 13.9. The van der Waals surface area contributed by atoms with Gasteiger partial charge in [-0.3, -0.25) is 13.9 Å². The number of carbonyl (C=O) groups excluding carboxylic acids is 1. The number of nitrogens with two attached hydrogens (primary N) is 1. The molecule has 1 aliphatic heterocycles. The molecule has 2 heterocycles. The van der Waals surface area contributed by atoms with Crippen LogP contribution in [0.25, 0.3) is 0 Å². The highest BCUT2D eigenvalue weighted by molar-refractivity contribution is 7.37. The first-order valence-corrected chi connectivity index (χ1v) is 11.2. The van der Waals surface area contributed by atoms with Crippen LogP contribution >= 0.6 is 8.18 Å². The lowest BCUT2D eigenvalue weighted by atomic mass is 9.60. The van der Waals surface area contributed by atoms with Crippen LogP contribution in [0.4, 0.5) is 10.2 Å². The van der Waals surface area contributed by atoms with Gasteiger partial charge in [0.05, 0.1) is 12.3 Å². The van der Waals surface area contributed by atoms with Gasteiger partial charge < -0.3 is 29.9 Å². The number of rotatable bonds is 8. The smallest absolute Gasteiger partial charge is 0.351 e. The second-order valence-electron chi connectivity index (χ2n) is 8.33. The summed E-state index contributed by atoms with van der Waals surface area (Å²) in [5, 5.41) is 22.5. The van der Waals surface area contributed by atoms with Crippen molar-refractivity contribution in [3.05, 3.63) is 22.5 Å². The molecule has 1 aromatic rings. The number of nitrogen functional groups attached to an aromatic ring is 1. The van der Waals surface area contributed by atoms with E-state index in [9.17, 15) is 28.8 Å². The molecule has 3 unspecified atom stereocenters. The van der Waals surface area contributed by atoms with E-state index in [4.69, 9.17) is 26.2 Å². The van der Waals surface area contributed by atoms with Gasteiger partial charge in [-0.05, 0) is 20.8 Å². The van der Waals surface area contributed by atoms with E-state index >= 15 is 0 Å². The van der Waals surface area contributed by atoms with Gasteiger partial charge in [-0.25, -0.2) is 14.3 Å². The van der Waals surface area contributed by atoms with Crippen molar-refractivity contribution in [2.24, 2.45) is 0 Å². The van der Waals surface area contributed by atoms with Crippen molar-refractivity contribution in [3.8, 4) is 12.3 Å². The first-order valence-electron chi connectivity index (χ1n) is 9.91. The number of ether oxygens (including phenoxy) is 2. The third-order valence-electron chi connectivity index (χ3n) is 4.89. The number of hydrogen-bond donors (Lipinski definition) is 4. The van der Waals surface area contributed by atoms with Gasteiger partial charge in [0.15, 0.2) is 23.5 Å². The number of aliphatic hydroxyl groups is 2. The van der Waals surface area contributed by atoms with E-state index in [2.05, 4.69) is 10.1 Å². The van der Waals surface area contributed by atoms with Gasteiger partial charge in [-0.15, -0.1) is 6.42 Å². The fourth-order valence-corrected chi connectivity index (χ4v) is 4.32. The minimum atomic E-state index is -3.11. The molecule has 0 radical (unpaired) electrons. The molecular weight excluding hydrogens is 460 g/mol. The molecular formula is C17H26B2FN4O8P. The molecule has 0 aromatic carbocycles. The van der Waals surface area contributed by atoms with Crippen LogP contribution in [0.3, 0.4) is 0 Å². The first-order chi connectivity index (χ1) is 15.1. The molecule has 0 bridgehead atoms. The molecule has 1 fully saturated rings. The second kappa shape index (κ2) is 9.97. The zero-order valence-electron chi connectivity index (χ0n) is 18.7. The maximum absolute atomic E-state index is 13.9. The third kappa shape index (κ3) is 5.66. The Kier molecular flexibility index (Phi) is 8.17. The summed E-state index contributed by atoms with van der Waals surface area (Å²) < 4.78 is 43.1. The van der Waals surface area contributed by atoms with E-state index in [1.807, 2.05) is 5.92 Å². The molecule has 0 spiro atoms. The Bertz CT molecular complexity index is 1040. The van der Waals surface area contributed by atoms with Crippen LogP contribution < -0.4 is 16.5 Å². The first kappa shape index (κ1) is 27.0. The van der Waals surface area contributed by atoms with Gasteiger partial charge in [0.25, 0.3) is 8.18 Å². The van der Waals surface area contributed by atoms with E-state index < -0.39 is 67.0 Å². The maximum Gasteiger partial charge on any atom is 0.351 e. The average Bonchev–Trinajstić information content (AvgIpc) is 2.96. The highest BCUT2D eigenvalue weighted by atomic mass is 31.1. The molecule has 6 atom stereocenters. The number of esters is 1. The molecule has 12 nitrogen and oxygen atoms in total. The number of aromatic nitrogens is 2. The van der Waals surface area contributed by atoms with Crippen LogP contribution in [-0.4, -0.2) is 76.8 Å². The Hall–Kier alpha value is -2.20. The topological polar surface area (TPSA) is 175 Å². The molecule has 1 saturated heterocycles. The molecule has 5 N–H and O–H groups in total. The predicted octanol–water partition coefficient (Wildman–Crippen LogP) is -3.16. The van der Waals surface area contributed by atoms with Crippen molar-refractivity contribution in [3.63, 3.8) is 0 Å². The summed E-state index contributed by atoms with van der Waals surface area (Å²) in [4.78, 5) is 27.4. The van der Waals surface area contributed by atoms with E-state index in [1.54, 1.807) is 13.8 Å². The predicted molar refractivity (Wildman–Crippen MR) is 120 cm³/mol. The monoisotopic (exact) mass is 486 g/mol. The fraction of sp³-hybridized carbons (Fsp3) is 0.588. The lowest BCUT2D eigenvalue weighted by Gasteiger charge is -2.34. The number of nitrogens with zero attached hydrogens (tertiary/aromatic N) is 2. The number of hydrogen-bond acceptors (Lipinski definition) is 10. The van der Waals surface area contributed by atoms with Gasteiger partial charge in [-0.1, -0.05) is 5.92 Å². The molecule has 0 aliphatic carbocycles. The number of halogens is 1. The van der Waals surface area contributed by atoms with Gasteiger partial charge in [0.2, 0.25) is 0 Å². The van der Waals surface area contributed by atoms with Gasteiger partial charge in [-0.2, -0.15) is 4.98 Å². The normalized spacial score (nSPS) is 27.2. The minimum absolute atomic E-state index is 0.377. The summed E-state index contributed by atoms with van der Waals surface area (Å²) in [6.07, 6.45) is 0.589. The zero-order chi connectivity index (χ0) is 25.3. The third-order valence-corrected chi connectivity index (χ3v) is 6.27. The zero-order valence-corrected chi connectivity index (χ0v) is 19.7. The fourth-order valence-electron chi connectivity index (χ4n) is 3.19. The Balaban J connectivity index is 2.26. The Morgan fingerprint density at radius 1 is 1.55 bits per heavy atom. The minimum Gasteiger partial charge on any atom is -0.462 e. The lowest BCUT2D eigenvalue weighted by Crippen LogP contribution is -2.55. The summed E-state index contributed by atoms with van der Waals surface area (Å²) in [6.45, 7) is 4.73. The second-order valence-corrected chi connectivity index (χ2v) is 9.40. The largest absolute Gasteiger partial charge is 0.462 e. The van der Waals surface area contributed by atoms with Crippen molar-refractivity contribution >= 4 is 35.7 Å². The van der Waals surface area contributed by atoms with Crippen LogP contribution in [-0.2, 0) is 23.4 Å². The number of aliphatic hydroxyl groups excluding tert-OH is 1. The summed E-state index contributed by atoms with van der Waals surface area (Å²) >= 11 is 0. The van der Waals surface area contributed by atoms with Gasteiger partial charge in [0.1, 0.15) is 33.9 Å². The quantitative estimate of drug-likeness (QED) is 0.126. The number of carbonyl (C=O) groups is 1. The number of nitrogens with one attached hydrogen (secondary N) is 1. The molecule has 33 heavy (non-hydrogen) atoms. The van der Waals surface area contributed by atoms with E-state index in [0.29, 0.717) is 10.8 Å². The summed E-state index contributed by atoms with van der Waals surface area (Å²) in [7, 11) is -0.351. The van der Waals surface area contributed by atoms with Crippen LogP contribution in [0.2, 0.25) is 0 Å². The Morgan fingerprint density at radius 3 is 2.70 bits per heavy atom. The van der Waals surface area contributed by atoms with E-state index in [-0.39, 0.29) is 6.10 Å². The number of terminal acetylenes is 1. The molecule has 0 amide bonds. The highest BCUT2D eigenvalue weighted by Gasteiger charge is 2.60. The van der Waals surface area contributed by atoms with Crippen molar-refractivity contribution < 1.29 is 38.0 Å². The van der Waals surface area contributed by atoms with Crippen molar-refractivity contribution in [2.45, 2.75) is 62.4 Å². The van der Waals surface area contributed by atoms with Crippen LogP contribution in [0, 0.1) is 18.2 Å². The summed E-state index contributed by atoms with van der Waals surface area (Å²) in [5.41, 5.74) is 1.68. The van der Waals surface area contributed by atoms with Crippen molar-refractivity contribution in [2.75, 3.05) is 5.73 Å². The van der Waals surface area contributed by atoms with Crippen molar-refractivity contribution in [1.82, 2.24) is 14.6 Å². The summed E-state index contributed by atoms with van der Waals surface area (Å²) in [5.74, 6) is -0.447. The standard InChI is InChI=1S/C17H26B2FN4O8P/c1-5-16(28)10(25)11(31-14(16)24-6-9(20)12(21)22-15(24)27)17(18,19)32-33(29)23-8(4)13(26)30-7(2)3/h1,6-8,10-11,14,25,28,33H,18-19H2,2-4H3,(H,23,29)(H2,21,22,27)/t8-,10-,11?,14+,16?/m0/s1. The molecule has 2 rings (SSSR count). The Morgan fingerprint density at radius 2 is 2.15 bits per heavy atom. The van der Waals surface area contributed by atoms with Gasteiger partial charge in [0, 0.05) is 5.40 Å². The molecule has 1 aromatic heterocycles. The van der Waals surface area contributed by atoms with Crippen LogP contribution in [0.1, 0.15) is 27.0 Å². The van der Waals surface area contributed by atoms with Crippen LogP contribution in [0.5, 0.6) is 0 Å². The van der Waals surface area contributed by atoms with Crippen molar-refractivity contribution in [1.29, 1.82) is 0 Å². The Labute approximate surface area is 191 Å². The average molecular weight is 486 g/mol. The SMILES string of the molecule is BC(B)(O[PH](=O)N[C@@H](C)C(=O)OC(C)C)C1O[C@@H](n2cc(F)c(N)nc2=O)C(O)(C#C)[C@H]1O. The highest BCUT2D eigenvalue weighted by Crippen LogP contribution is 2.42. The molecule has 16 heteroatoms. The van der Waals surface area contributed by atoms with E-state index in [1.165, 1.54) is 22.6 Å². The summed E-state index contributed by atoms with van der Waals surface area (Å²) in [6, 6.07) is -0.971. The molecule has 0 saturated carbocycles. The molecule has 1 aliphatic rings.